The molecule has 0 aliphatic carbocycles. The van der Waals surface area contributed by atoms with Gasteiger partial charge < -0.3 is 10.1 Å². The van der Waals surface area contributed by atoms with Crippen LogP contribution in [0.2, 0.25) is 0 Å². The number of nitrogens with zero attached hydrogens (tertiary/aromatic N) is 4. The Morgan fingerprint density at radius 3 is 2.45 bits per heavy atom. The van der Waals surface area contributed by atoms with Gasteiger partial charge in [0.05, 0.1) is 25.4 Å². The van der Waals surface area contributed by atoms with Gasteiger partial charge in [-0.1, -0.05) is 0 Å². The molecule has 0 saturated carbocycles. The second-order valence-electron chi connectivity index (χ2n) is 4.46. The number of amidine groups is 1. The van der Waals surface area contributed by atoms with Crippen LogP contribution in [0.3, 0.4) is 0 Å². The van der Waals surface area contributed by atoms with Crippen molar-refractivity contribution in [2.75, 3.05) is 20.4 Å². The lowest BCUT2D eigenvalue weighted by molar-refractivity contribution is -0.483. The topological polar surface area (TPSA) is 96.6 Å². The first-order valence-corrected chi connectivity index (χ1v) is 7.99. The van der Waals surface area contributed by atoms with Crippen molar-refractivity contribution in [1.82, 2.24) is 15.3 Å². The quantitative estimate of drug-likeness (QED) is 0.759. The van der Waals surface area contributed by atoms with Crippen LogP contribution in [0.5, 0.6) is 0 Å². The van der Waals surface area contributed by atoms with Gasteiger partial charge in [-0.15, -0.1) is 0 Å². The summed E-state index contributed by atoms with van der Waals surface area (Å²) in [7, 11) is -0.672. The maximum atomic E-state index is 13.0. The zero-order chi connectivity index (χ0) is 16.5. The van der Waals surface area contributed by atoms with Crippen LogP contribution in [-0.2, 0) is 14.6 Å². The van der Waals surface area contributed by atoms with Crippen LogP contribution in [0, 0.1) is 5.82 Å². The summed E-state index contributed by atoms with van der Waals surface area (Å²) >= 11 is 0. The third-order valence-corrected chi connectivity index (χ3v) is 3.88. The molecular weight excluding hydrogens is 313 g/mol. The standard InChI is InChI=1S/C12H15FN5O3S/c1-14-9-8(10-15-5-7(13)6-16-10)11(21-3)18(2)12(17-9)22(4,19)20/h5-6,11,14H,2H2,1,3-4H3/q+1. The molecule has 2 heterocycles. The van der Waals surface area contributed by atoms with Crippen molar-refractivity contribution in [3.05, 3.63) is 29.9 Å². The highest BCUT2D eigenvalue weighted by Gasteiger charge is 2.42. The largest absolute Gasteiger partial charge is 0.420 e. The Morgan fingerprint density at radius 1 is 1.41 bits per heavy atom. The van der Waals surface area contributed by atoms with Gasteiger partial charge in [-0.2, -0.15) is 4.58 Å². The SMILES string of the molecule is C=[N+]1C(S(C)(=O)=O)=NC(NC)=C(c2ncc(F)cn2)C1OC. The molecule has 118 valence electrons. The number of halogens is 1. The minimum atomic E-state index is -3.61. The summed E-state index contributed by atoms with van der Waals surface area (Å²) in [6, 6.07) is 0. The van der Waals surface area contributed by atoms with E-state index in [1.54, 1.807) is 7.05 Å². The van der Waals surface area contributed by atoms with Crippen molar-refractivity contribution < 1.29 is 22.1 Å². The first kappa shape index (κ1) is 16.2. The second-order valence-corrected chi connectivity index (χ2v) is 6.37. The van der Waals surface area contributed by atoms with Gasteiger partial charge in [-0.3, -0.25) is 0 Å². The molecule has 0 spiro atoms. The smallest absolute Gasteiger partial charge is 0.352 e. The molecule has 1 aromatic rings. The average Bonchev–Trinajstić information content (AvgIpc) is 2.46. The van der Waals surface area contributed by atoms with E-state index in [1.165, 1.54) is 7.11 Å². The highest BCUT2D eigenvalue weighted by molar-refractivity contribution is 8.05. The van der Waals surface area contributed by atoms with Gasteiger partial charge in [-0.05, 0) is 4.99 Å². The Morgan fingerprint density at radius 2 is 2.00 bits per heavy atom. The molecule has 1 unspecified atom stereocenters. The molecule has 2 rings (SSSR count). The fourth-order valence-corrected chi connectivity index (χ4v) is 2.77. The zero-order valence-corrected chi connectivity index (χ0v) is 13.1. The molecule has 0 fully saturated rings. The first-order chi connectivity index (χ1) is 10.3. The molecule has 1 aliphatic rings. The highest BCUT2D eigenvalue weighted by atomic mass is 32.2. The van der Waals surface area contributed by atoms with E-state index in [9.17, 15) is 12.8 Å². The van der Waals surface area contributed by atoms with Gasteiger partial charge in [-0.25, -0.2) is 22.8 Å². The lowest BCUT2D eigenvalue weighted by atomic mass is 10.2. The summed E-state index contributed by atoms with van der Waals surface area (Å²) in [4.78, 5) is 11.8. The molecule has 1 aliphatic heterocycles. The lowest BCUT2D eigenvalue weighted by Crippen LogP contribution is -2.42. The predicted octanol–water partition coefficient (Wildman–Crippen LogP) is -0.396. The molecule has 0 bridgehead atoms. The van der Waals surface area contributed by atoms with Crippen molar-refractivity contribution in [3.63, 3.8) is 0 Å². The van der Waals surface area contributed by atoms with E-state index < -0.39 is 21.9 Å². The van der Waals surface area contributed by atoms with Gasteiger partial charge in [0.25, 0.3) is 15.7 Å². The number of methoxy groups -OCH3 is 1. The van der Waals surface area contributed by atoms with E-state index in [2.05, 4.69) is 27.0 Å². The van der Waals surface area contributed by atoms with Gasteiger partial charge in [0.1, 0.15) is 5.57 Å². The van der Waals surface area contributed by atoms with E-state index in [0.29, 0.717) is 5.57 Å². The number of aromatic nitrogens is 2. The maximum absolute atomic E-state index is 13.0. The number of hydrogen-bond acceptors (Lipinski definition) is 7. The Balaban J connectivity index is 2.70. The van der Waals surface area contributed by atoms with Crippen LogP contribution >= 0.6 is 0 Å². The van der Waals surface area contributed by atoms with Crippen LogP contribution in [0.1, 0.15) is 5.82 Å². The van der Waals surface area contributed by atoms with Crippen LogP contribution in [0.4, 0.5) is 4.39 Å². The van der Waals surface area contributed by atoms with E-state index in [-0.39, 0.29) is 16.8 Å². The lowest BCUT2D eigenvalue weighted by Gasteiger charge is -2.21. The van der Waals surface area contributed by atoms with Crippen LogP contribution in [-0.4, -0.2) is 61.5 Å². The number of aliphatic imine (C=N–C) groups is 1. The van der Waals surface area contributed by atoms with Gasteiger partial charge in [0.2, 0.25) is 6.23 Å². The summed E-state index contributed by atoms with van der Waals surface area (Å²) < 4.78 is 43.0. The highest BCUT2D eigenvalue weighted by Crippen LogP contribution is 2.26. The summed E-state index contributed by atoms with van der Waals surface area (Å²) in [6.45, 7) is 3.67. The Labute approximate surface area is 127 Å². The normalized spacial score (nSPS) is 19.2. The van der Waals surface area contributed by atoms with Gasteiger partial charge in [0.15, 0.2) is 11.6 Å². The fourth-order valence-electron chi connectivity index (χ4n) is 1.99. The minimum Gasteiger partial charge on any atom is -0.352 e. The van der Waals surface area contributed by atoms with Crippen LogP contribution in [0.15, 0.2) is 23.2 Å². The van der Waals surface area contributed by atoms with Crippen molar-refractivity contribution in [2.45, 2.75) is 6.23 Å². The molecule has 22 heavy (non-hydrogen) atoms. The fraction of sp³-hybridized carbons (Fsp3) is 0.333. The Hall–Kier alpha value is -2.20. The molecule has 1 N–H and O–H groups in total. The third-order valence-electron chi connectivity index (χ3n) is 2.89. The van der Waals surface area contributed by atoms with Crippen molar-refractivity contribution in [1.29, 1.82) is 0 Å². The molecule has 10 heteroatoms. The molecule has 8 nitrogen and oxygen atoms in total. The van der Waals surface area contributed by atoms with E-state index >= 15 is 0 Å². The molecule has 0 radical (unpaired) electrons. The van der Waals surface area contributed by atoms with Crippen molar-refractivity contribution in [2.24, 2.45) is 4.99 Å². The first-order valence-electron chi connectivity index (χ1n) is 6.10. The number of hydrogen-bond donors (Lipinski definition) is 1. The summed E-state index contributed by atoms with van der Waals surface area (Å²) in [6.07, 6.45) is 2.12. The van der Waals surface area contributed by atoms with E-state index in [0.717, 1.165) is 23.2 Å². The van der Waals surface area contributed by atoms with Crippen molar-refractivity contribution in [3.8, 4) is 0 Å². The summed E-state index contributed by atoms with van der Waals surface area (Å²) in [5, 5.41) is 2.52. The number of rotatable bonds is 3. The van der Waals surface area contributed by atoms with Crippen molar-refractivity contribution >= 4 is 27.3 Å². The maximum Gasteiger partial charge on any atom is 0.420 e. The van der Waals surface area contributed by atoms with E-state index in [4.69, 9.17) is 4.74 Å². The predicted molar refractivity (Wildman–Crippen MR) is 78.4 cm³/mol. The molecular formula is C12H15FN5O3S+. The number of nitrogens with one attached hydrogen (secondary N) is 1. The third kappa shape index (κ3) is 2.88. The van der Waals surface area contributed by atoms with Gasteiger partial charge in [0, 0.05) is 14.2 Å². The molecule has 0 aromatic carbocycles. The summed E-state index contributed by atoms with van der Waals surface area (Å²) in [5.41, 5.74) is 0.354. The Bertz CT molecular complexity index is 770. The van der Waals surface area contributed by atoms with Crippen LogP contribution < -0.4 is 5.32 Å². The molecule has 1 aromatic heterocycles. The molecule has 0 amide bonds. The molecule has 1 atom stereocenters. The second kappa shape index (κ2) is 5.89. The Kier molecular flexibility index (Phi) is 4.33. The number of ether oxygens (including phenoxy) is 1. The summed E-state index contributed by atoms with van der Waals surface area (Å²) in [5.74, 6) is -0.228. The monoisotopic (exact) mass is 328 g/mol. The minimum absolute atomic E-state index is 0.155. The average molecular weight is 328 g/mol. The van der Waals surface area contributed by atoms with E-state index in [1.807, 2.05) is 0 Å². The molecule has 0 saturated heterocycles. The number of sulfone groups is 1. The van der Waals surface area contributed by atoms with Gasteiger partial charge >= 0.3 is 5.17 Å². The zero-order valence-electron chi connectivity index (χ0n) is 12.2. The van der Waals surface area contributed by atoms with Crippen LogP contribution in [0.25, 0.3) is 5.57 Å².